The second-order valence-electron chi connectivity index (χ2n) is 9.60. The van der Waals surface area contributed by atoms with Gasteiger partial charge in [0.05, 0.1) is 30.7 Å². The van der Waals surface area contributed by atoms with Gasteiger partial charge in [-0.05, 0) is 65.9 Å². The molecule has 0 saturated heterocycles. The van der Waals surface area contributed by atoms with E-state index in [1.54, 1.807) is 12.0 Å². The molecule has 2 heterocycles. The highest BCUT2D eigenvalue weighted by molar-refractivity contribution is 5.99. The molecule has 7 heteroatoms. The van der Waals surface area contributed by atoms with Gasteiger partial charge in [-0.25, -0.2) is 4.39 Å². The van der Waals surface area contributed by atoms with Crippen LogP contribution in [0.5, 0.6) is 11.5 Å². The Morgan fingerprint density at radius 2 is 1.78 bits per heavy atom. The van der Waals surface area contributed by atoms with Gasteiger partial charge in [-0.3, -0.25) is 9.59 Å². The minimum absolute atomic E-state index is 0.0197. The quantitative estimate of drug-likeness (QED) is 0.291. The molecule has 0 saturated carbocycles. The van der Waals surface area contributed by atoms with E-state index in [-0.39, 0.29) is 28.8 Å². The van der Waals surface area contributed by atoms with Crippen LogP contribution in [-0.2, 0) is 6.54 Å². The summed E-state index contributed by atoms with van der Waals surface area (Å²) in [6.07, 6.45) is 0.902. The lowest BCUT2D eigenvalue weighted by Crippen LogP contribution is -2.29. The second-order valence-corrected chi connectivity index (χ2v) is 9.60. The van der Waals surface area contributed by atoms with Crippen LogP contribution in [0, 0.1) is 11.7 Å². The van der Waals surface area contributed by atoms with Crippen molar-refractivity contribution in [3.05, 3.63) is 105 Å². The van der Waals surface area contributed by atoms with Crippen LogP contribution < -0.4 is 14.9 Å². The maximum Gasteiger partial charge on any atom is 0.291 e. The van der Waals surface area contributed by atoms with Crippen LogP contribution in [0.15, 0.2) is 75.9 Å². The van der Waals surface area contributed by atoms with E-state index >= 15 is 0 Å². The summed E-state index contributed by atoms with van der Waals surface area (Å²) in [5.41, 5.74) is 1.53. The minimum Gasteiger partial charge on any atom is -0.497 e. The van der Waals surface area contributed by atoms with E-state index in [1.807, 2.05) is 48.5 Å². The van der Waals surface area contributed by atoms with Crippen LogP contribution in [0.25, 0.3) is 11.0 Å². The van der Waals surface area contributed by atoms with Crippen molar-refractivity contribution in [2.24, 2.45) is 5.92 Å². The largest absolute Gasteiger partial charge is 0.497 e. The van der Waals surface area contributed by atoms with Crippen LogP contribution in [0.4, 0.5) is 4.39 Å². The topological polar surface area (TPSA) is 69.0 Å². The first-order chi connectivity index (χ1) is 17.9. The Morgan fingerprint density at radius 3 is 2.51 bits per heavy atom. The van der Waals surface area contributed by atoms with Crippen molar-refractivity contribution in [2.75, 3.05) is 13.7 Å². The van der Waals surface area contributed by atoms with Crippen LogP contribution in [0.2, 0.25) is 0 Å². The molecule has 0 N–H and O–H groups in total. The van der Waals surface area contributed by atoms with Gasteiger partial charge in [0, 0.05) is 6.54 Å². The molecule has 1 aliphatic heterocycles. The highest BCUT2D eigenvalue weighted by Gasteiger charge is 2.42. The Bertz CT molecular complexity index is 1510. The molecular weight excluding hydrogens is 473 g/mol. The molecule has 0 bridgehead atoms. The number of nitrogens with zero attached hydrogens (tertiary/aromatic N) is 1. The fraction of sp³-hybridized carbons (Fsp3) is 0.267. The molecule has 6 nitrogen and oxygen atoms in total. The van der Waals surface area contributed by atoms with Gasteiger partial charge >= 0.3 is 0 Å². The van der Waals surface area contributed by atoms with Crippen molar-refractivity contribution >= 4 is 16.9 Å². The normalized spacial score (nSPS) is 14.9. The summed E-state index contributed by atoms with van der Waals surface area (Å²) in [6.45, 7) is 5.05. The number of benzene rings is 3. The Morgan fingerprint density at radius 1 is 1.00 bits per heavy atom. The Labute approximate surface area is 214 Å². The summed E-state index contributed by atoms with van der Waals surface area (Å²) in [4.78, 5) is 28.9. The number of hydrogen-bond acceptors (Lipinski definition) is 5. The van der Waals surface area contributed by atoms with E-state index in [1.165, 1.54) is 12.1 Å². The van der Waals surface area contributed by atoms with Gasteiger partial charge in [-0.2, -0.15) is 0 Å². The zero-order valence-electron chi connectivity index (χ0n) is 21.0. The van der Waals surface area contributed by atoms with Crippen molar-refractivity contribution < 1.29 is 23.1 Å². The molecular formula is C30H28FNO5. The fourth-order valence-corrected chi connectivity index (χ4v) is 4.62. The molecule has 0 radical (unpaired) electrons. The van der Waals surface area contributed by atoms with E-state index in [9.17, 15) is 14.0 Å². The van der Waals surface area contributed by atoms with E-state index in [2.05, 4.69) is 13.8 Å². The predicted molar refractivity (Wildman–Crippen MR) is 139 cm³/mol. The highest BCUT2D eigenvalue weighted by Crippen LogP contribution is 2.40. The predicted octanol–water partition coefficient (Wildman–Crippen LogP) is 6.11. The number of carbonyl (C=O) groups excluding carboxylic acids is 1. The molecule has 5 rings (SSSR count). The zero-order chi connectivity index (χ0) is 26.1. The monoisotopic (exact) mass is 501 g/mol. The van der Waals surface area contributed by atoms with E-state index in [0.717, 1.165) is 18.1 Å². The Hall–Kier alpha value is -4.13. The molecule has 37 heavy (non-hydrogen) atoms. The third-order valence-electron chi connectivity index (χ3n) is 6.58. The summed E-state index contributed by atoms with van der Waals surface area (Å²) in [5.74, 6) is 0.892. The van der Waals surface area contributed by atoms with Gasteiger partial charge in [0.2, 0.25) is 5.76 Å². The van der Waals surface area contributed by atoms with Gasteiger partial charge in [-0.15, -0.1) is 0 Å². The van der Waals surface area contributed by atoms with Gasteiger partial charge in [0.15, 0.2) is 5.43 Å². The Balaban J connectivity index is 1.61. The number of carbonyl (C=O) groups is 1. The summed E-state index contributed by atoms with van der Waals surface area (Å²) in [5, 5.41) is 0.104. The first kappa shape index (κ1) is 24.6. The summed E-state index contributed by atoms with van der Waals surface area (Å²) in [6, 6.07) is 17.8. The number of halogens is 1. The van der Waals surface area contributed by atoms with Gasteiger partial charge in [0.1, 0.15) is 22.9 Å². The first-order valence-corrected chi connectivity index (χ1v) is 12.3. The van der Waals surface area contributed by atoms with Crippen LogP contribution in [0.1, 0.15) is 53.6 Å². The molecule has 0 aliphatic carbocycles. The molecule has 4 aromatic rings. The molecule has 1 aliphatic rings. The van der Waals surface area contributed by atoms with Crippen LogP contribution in [0.3, 0.4) is 0 Å². The minimum atomic E-state index is -0.720. The number of rotatable bonds is 8. The Kier molecular flexibility index (Phi) is 6.70. The molecule has 0 spiro atoms. The lowest BCUT2D eigenvalue weighted by atomic mass is 9.98. The molecule has 190 valence electrons. The van der Waals surface area contributed by atoms with Crippen molar-refractivity contribution in [3.63, 3.8) is 0 Å². The molecule has 3 aromatic carbocycles. The number of amides is 1. The third-order valence-corrected chi connectivity index (χ3v) is 6.58. The SMILES string of the molecule is COc1ccc(CN2C(=O)c3oc4ccc(F)cc4c(=O)c3C2c2cccc(OCCC(C)C)c2)cc1. The van der Waals surface area contributed by atoms with Gasteiger partial charge in [-0.1, -0.05) is 38.1 Å². The third kappa shape index (κ3) is 4.81. The van der Waals surface area contributed by atoms with Crippen molar-refractivity contribution in [3.8, 4) is 11.5 Å². The van der Waals surface area contributed by atoms with E-state index in [0.29, 0.717) is 29.6 Å². The first-order valence-electron chi connectivity index (χ1n) is 12.3. The van der Waals surface area contributed by atoms with Gasteiger partial charge in [0.25, 0.3) is 5.91 Å². The average molecular weight is 502 g/mol. The summed E-state index contributed by atoms with van der Waals surface area (Å²) >= 11 is 0. The summed E-state index contributed by atoms with van der Waals surface area (Å²) < 4.78 is 31.2. The zero-order valence-corrected chi connectivity index (χ0v) is 21.0. The molecule has 1 aromatic heterocycles. The van der Waals surface area contributed by atoms with Crippen molar-refractivity contribution in [1.82, 2.24) is 4.90 Å². The molecule has 1 unspecified atom stereocenters. The molecule has 1 amide bonds. The average Bonchev–Trinajstić information content (AvgIpc) is 3.16. The smallest absolute Gasteiger partial charge is 0.291 e. The summed E-state index contributed by atoms with van der Waals surface area (Å²) in [7, 11) is 1.59. The van der Waals surface area contributed by atoms with Crippen LogP contribution >= 0.6 is 0 Å². The second kappa shape index (κ2) is 10.1. The molecule has 0 fully saturated rings. The number of fused-ring (bicyclic) bond motifs is 2. The van der Waals surface area contributed by atoms with E-state index < -0.39 is 23.2 Å². The molecule has 1 atom stereocenters. The van der Waals surface area contributed by atoms with Crippen molar-refractivity contribution in [2.45, 2.75) is 32.9 Å². The number of methoxy groups -OCH3 is 1. The lowest BCUT2D eigenvalue weighted by Gasteiger charge is -2.25. The van der Waals surface area contributed by atoms with Gasteiger partial charge < -0.3 is 18.8 Å². The highest BCUT2D eigenvalue weighted by atomic mass is 19.1. The standard InChI is InChI=1S/C30H28FNO5/c1-18(2)13-14-36-23-6-4-5-20(15-23)27-26-28(33)24-16-21(31)9-12-25(24)37-29(26)30(34)32(27)17-19-7-10-22(35-3)11-8-19/h4-12,15-16,18,27H,13-14,17H2,1-3H3. The number of hydrogen-bond donors (Lipinski definition) is 0. The maximum absolute atomic E-state index is 14.0. The van der Waals surface area contributed by atoms with Crippen molar-refractivity contribution in [1.29, 1.82) is 0 Å². The van der Waals surface area contributed by atoms with Crippen LogP contribution in [-0.4, -0.2) is 24.5 Å². The fourth-order valence-electron chi connectivity index (χ4n) is 4.62. The maximum atomic E-state index is 14.0. The number of ether oxygens (including phenoxy) is 2. The van der Waals surface area contributed by atoms with E-state index in [4.69, 9.17) is 13.9 Å². The lowest BCUT2D eigenvalue weighted by molar-refractivity contribution is 0.0714.